The summed E-state index contributed by atoms with van der Waals surface area (Å²) in [5.74, 6) is 0.871. The topological polar surface area (TPSA) is 45.5 Å². The van der Waals surface area contributed by atoms with Crippen LogP contribution in [0, 0.1) is 13.8 Å². The molecule has 6 heteroatoms. The molecule has 0 amide bonds. The van der Waals surface area contributed by atoms with E-state index in [-0.39, 0.29) is 0 Å². The fourth-order valence-corrected chi connectivity index (χ4v) is 2.83. The van der Waals surface area contributed by atoms with Crippen molar-refractivity contribution in [3.05, 3.63) is 51.3 Å². The molecule has 0 saturated carbocycles. The first kappa shape index (κ1) is 17.5. The lowest BCUT2D eigenvalue weighted by Gasteiger charge is -2.22. The molecule has 2 rings (SSSR count). The number of guanidine groups is 1. The van der Waals surface area contributed by atoms with E-state index in [0.717, 1.165) is 29.2 Å². The molecule has 0 saturated heterocycles. The van der Waals surface area contributed by atoms with Crippen LogP contribution in [-0.2, 0) is 20.1 Å². The number of nitrogens with zero attached hydrogens (tertiary/aromatic N) is 4. The van der Waals surface area contributed by atoms with Gasteiger partial charge in [-0.05, 0) is 31.5 Å². The summed E-state index contributed by atoms with van der Waals surface area (Å²) in [4.78, 5) is 6.49. The van der Waals surface area contributed by atoms with Crippen molar-refractivity contribution in [2.75, 3.05) is 14.1 Å². The number of hydrogen-bond acceptors (Lipinski definition) is 2. The zero-order chi connectivity index (χ0) is 17.0. The number of hydrogen-bond donors (Lipinski definition) is 1. The van der Waals surface area contributed by atoms with Crippen LogP contribution in [0.2, 0.25) is 0 Å². The lowest BCUT2D eigenvalue weighted by atomic mass is 10.2. The molecule has 0 unspecified atom stereocenters. The van der Waals surface area contributed by atoms with Gasteiger partial charge in [-0.2, -0.15) is 5.10 Å². The minimum atomic E-state index is 0.725. The van der Waals surface area contributed by atoms with E-state index in [9.17, 15) is 0 Å². The van der Waals surface area contributed by atoms with Gasteiger partial charge in [-0.3, -0.25) is 9.67 Å². The molecule has 1 aromatic heterocycles. The fourth-order valence-electron chi connectivity index (χ4n) is 2.56. The number of benzene rings is 1. The van der Waals surface area contributed by atoms with Gasteiger partial charge in [0.2, 0.25) is 0 Å². The summed E-state index contributed by atoms with van der Waals surface area (Å²) >= 11 is 3.46. The molecule has 1 heterocycles. The molecule has 0 aliphatic carbocycles. The Morgan fingerprint density at radius 1 is 1.30 bits per heavy atom. The van der Waals surface area contributed by atoms with Crippen LogP contribution in [0.4, 0.5) is 0 Å². The van der Waals surface area contributed by atoms with Crippen molar-refractivity contribution in [1.82, 2.24) is 20.0 Å². The van der Waals surface area contributed by atoms with Crippen molar-refractivity contribution in [2.45, 2.75) is 26.9 Å². The van der Waals surface area contributed by atoms with Gasteiger partial charge in [-0.15, -0.1) is 0 Å². The molecule has 23 heavy (non-hydrogen) atoms. The highest BCUT2D eigenvalue weighted by Crippen LogP contribution is 2.13. The average molecular weight is 378 g/mol. The summed E-state index contributed by atoms with van der Waals surface area (Å²) in [5, 5.41) is 7.88. The van der Waals surface area contributed by atoms with Crippen LogP contribution in [0.3, 0.4) is 0 Å². The molecule has 0 aliphatic heterocycles. The van der Waals surface area contributed by atoms with E-state index in [2.05, 4.69) is 67.4 Å². The Balaban J connectivity index is 2.00. The van der Waals surface area contributed by atoms with E-state index >= 15 is 0 Å². The van der Waals surface area contributed by atoms with Crippen molar-refractivity contribution in [3.8, 4) is 0 Å². The first-order chi connectivity index (χ1) is 10.9. The van der Waals surface area contributed by atoms with Crippen molar-refractivity contribution in [2.24, 2.45) is 12.0 Å². The van der Waals surface area contributed by atoms with Crippen LogP contribution in [0.5, 0.6) is 0 Å². The first-order valence-electron chi connectivity index (χ1n) is 7.57. The summed E-state index contributed by atoms with van der Waals surface area (Å²) < 4.78 is 3.01. The van der Waals surface area contributed by atoms with Gasteiger partial charge in [-0.1, -0.05) is 28.1 Å². The van der Waals surface area contributed by atoms with Gasteiger partial charge in [0.05, 0.1) is 5.69 Å². The first-order valence-corrected chi connectivity index (χ1v) is 8.37. The van der Waals surface area contributed by atoms with Crippen molar-refractivity contribution in [1.29, 1.82) is 0 Å². The zero-order valence-electron chi connectivity index (χ0n) is 14.4. The molecule has 1 N–H and O–H groups in total. The molecular formula is C17H24BrN5. The maximum absolute atomic E-state index is 4.45. The Morgan fingerprint density at radius 2 is 1.96 bits per heavy atom. The molecule has 124 valence electrons. The summed E-state index contributed by atoms with van der Waals surface area (Å²) in [6.45, 7) is 5.66. The lowest BCUT2D eigenvalue weighted by molar-refractivity contribution is 0.476. The van der Waals surface area contributed by atoms with Crippen LogP contribution >= 0.6 is 15.9 Å². The molecule has 0 radical (unpaired) electrons. The van der Waals surface area contributed by atoms with Crippen LogP contribution in [-0.4, -0.2) is 34.7 Å². The number of nitrogens with one attached hydrogen (secondary N) is 1. The van der Waals surface area contributed by atoms with E-state index in [4.69, 9.17) is 0 Å². The largest absolute Gasteiger partial charge is 0.352 e. The van der Waals surface area contributed by atoms with Crippen LogP contribution in [0.1, 0.15) is 22.5 Å². The van der Waals surface area contributed by atoms with Gasteiger partial charge in [0.15, 0.2) is 5.96 Å². The molecule has 1 aromatic carbocycles. The molecule has 0 bridgehead atoms. The quantitative estimate of drug-likeness (QED) is 0.657. The summed E-state index contributed by atoms with van der Waals surface area (Å²) in [6, 6.07) is 8.34. The average Bonchev–Trinajstić information content (AvgIpc) is 2.76. The molecule has 0 aliphatic rings. The van der Waals surface area contributed by atoms with Crippen LogP contribution in [0.25, 0.3) is 0 Å². The zero-order valence-corrected chi connectivity index (χ0v) is 16.0. The van der Waals surface area contributed by atoms with Gasteiger partial charge in [0.25, 0.3) is 0 Å². The Morgan fingerprint density at radius 3 is 2.48 bits per heavy atom. The summed E-state index contributed by atoms with van der Waals surface area (Å²) in [5.41, 5.74) is 4.71. The Bertz CT molecular complexity index is 688. The molecule has 0 fully saturated rings. The second kappa shape index (κ2) is 7.64. The van der Waals surface area contributed by atoms with Gasteiger partial charge < -0.3 is 10.2 Å². The third-order valence-electron chi connectivity index (χ3n) is 3.99. The van der Waals surface area contributed by atoms with Crippen molar-refractivity contribution < 1.29 is 0 Å². The summed E-state index contributed by atoms with van der Waals surface area (Å²) in [6.07, 6.45) is 0. The number of rotatable bonds is 4. The SMILES string of the molecule is CN=C(NCc1c(C)nn(C)c1C)N(C)Cc1ccc(Br)cc1. The van der Waals surface area contributed by atoms with E-state index in [1.54, 1.807) is 0 Å². The summed E-state index contributed by atoms with van der Waals surface area (Å²) in [7, 11) is 5.82. The third kappa shape index (κ3) is 4.34. The smallest absolute Gasteiger partial charge is 0.193 e. The number of aryl methyl sites for hydroxylation is 2. The minimum absolute atomic E-state index is 0.725. The van der Waals surface area contributed by atoms with Crippen LogP contribution < -0.4 is 5.32 Å². The second-order valence-electron chi connectivity index (χ2n) is 5.66. The van der Waals surface area contributed by atoms with E-state index in [1.165, 1.54) is 16.8 Å². The molecule has 2 aromatic rings. The van der Waals surface area contributed by atoms with Crippen LogP contribution in [0.15, 0.2) is 33.7 Å². The standard InChI is InChI=1S/C17H24BrN5/c1-12-16(13(2)23(5)21-12)10-20-17(19-3)22(4)11-14-6-8-15(18)9-7-14/h6-9H,10-11H2,1-5H3,(H,19,20). The normalized spacial score (nSPS) is 11.7. The van der Waals surface area contributed by atoms with E-state index in [1.807, 2.05) is 32.7 Å². The van der Waals surface area contributed by atoms with E-state index < -0.39 is 0 Å². The highest BCUT2D eigenvalue weighted by Gasteiger charge is 2.12. The highest BCUT2D eigenvalue weighted by molar-refractivity contribution is 9.10. The minimum Gasteiger partial charge on any atom is -0.352 e. The predicted molar refractivity (Wildman–Crippen MR) is 98.5 cm³/mol. The Kier molecular flexibility index (Phi) is 5.82. The maximum atomic E-state index is 4.45. The third-order valence-corrected chi connectivity index (χ3v) is 4.52. The van der Waals surface area contributed by atoms with E-state index in [0.29, 0.717) is 0 Å². The fraction of sp³-hybridized carbons (Fsp3) is 0.412. The number of halogens is 1. The number of aromatic nitrogens is 2. The van der Waals surface area contributed by atoms with Gasteiger partial charge in [-0.25, -0.2) is 0 Å². The highest BCUT2D eigenvalue weighted by atomic mass is 79.9. The monoisotopic (exact) mass is 377 g/mol. The van der Waals surface area contributed by atoms with Gasteiger partial charge >= 0.3 is 0 Å². The van der Waals surface area contributed by atoms with Gasteiger partial charge in [0.1, 0.15) is 0 Å². The Labute approximate surface area is 146 Å². The predicted octanol–water partition coefficient (Wildman–Crippen LogP) is 3.01. The molecule has 0 spiro atoms. The lowest BCUT2D eigenvalue weighted by Crippen LogP contribution is -2.38. The maximum Gasteiger partial charge on any atom is 0.193 e. The molecular weight excluding hydrogens is 354 g/mol. The van der Waals surface area contributed by atoms with Crippen molar-refractivity contribution >= 4 is 21.9 Å². The second-order valence-corrected chi connectivity index (χ2v) is 6.57. The number of aliphatic imine (C=N–C) groups is 1. The van der Waals surface area contributed by atoms with Crippen molar-refractivity contribution in [3.63, 3.8) is 0 Å². The van der Waals surface area contributed by atoms with Gasteiger partial charge in [0, 0.05) is 50.0 Å². The Hall–Kier alpha value is -1.82. The molecule has 0 atom stereocenters. The molecule has 5 nitrogen and oxygen atoms in total.